The van der Waals surface area contributed by atoms with Crippen LogP contribution in [0.15, 0.2) is 0 Å². The summed E-state index contributed by atoms with van der Waals surface area (Å²) >= 11 is 0. The van der Waals surface area contributed by atoms with Crippen LogP contribution in [-0.4, -0.2) is 55.6 Å². The number of likely N-dealkylation sites (tertiary alicyclic amines) is 1. The molecule has 0 saturated carbocycles. The second-order valence-electron chi connectivity index (χ2n) is 3.65. The molecule has 1 aliphatic rings. The van der Waals surface area contributed by atoms with Crippen molar-refractivity contribution in [3.05, 3.63) is 0 Å². The Morgan fingerprint density at radius 1 is 1.46 bits per heavy atom. The first kappa shape index (κ1) is 10.9. The number of rotatable bonds is 4. The van der Waals surface area contributed by atoms with Crippen molar-refractivity contribution in [2.45, 2.75) is 18.5 Å². The van der Waals surface area contributed by atoms with Crippen molar-refractivity contribution < 1.29 is 14.2 Å². The van der Waals surface area contributed by atoms with E-state index in [9.17, 15) is 4.39 Å². The van der Waals surface area contributed by atoms with Gasteiger partial charge in [0.05, 0.1) is 13.2 Å². The normalized spacial score (nSPS) is 23.3. The third kappa shape index (κ3) is 3.21. The molecule has 1 saturated heterocycles. The van der Waals surface area contributed by atoms with E-state index in [1.165, 1.54) is 7.11 Å². The topological polar surface area (TPSA) is 32.7 Å². The fourth-order valence-corrected chi connectivity index (χ4v) is 1.72. The lowest BCUT2D eigenvalue weighted by atomic mass is 9.94. The maximum absolute atomic E-state index is 13.8. The van der Waals surface area contributed by atoms with E-state index in [0.717, 1.165) is 13.1 Å². The summed E-state index contributed by atoms with van der Waals surface area (Å²) in [5, 5.41) is 8.69. The number of β-amino-alcohol motifs (C(OH)–C–C–N with tert-alkyl or cyclic N) is 1. The van der Waals surface area contributed by atoms with E-state index in [1.54, 1.807) is 0 Å². The summed E-state index contributed by atoms with van der Waals surface area (Å²) in [6.07, 6.45) is 1.03. The van der Waals surface area contributed by atoms with Gasteiger partial charge >= 0.3 is 0 Å². The molecule has 0 amide bonds. The molecule has 0 aliphatic carbocycles. The summed E-state index contributed by atoms with van der Waals surface area (Å²) in [6, 6.07) is 0. The fourth-order valence-electron chi connectivity index (χ4n) is 1.72. The number of ether oxygens (including phenoxy) is 1. The quantitative estimate of drug-likeness (QED) is 0.699. The summed E-state index contributed by atoms with van der Waals surface area (Å²) in [5.74, 6) is 0. The number of methoxy groups -OCH3 is 1. The largest absolute Gasteiger partial charge is 0.395 e. The van der Waals surface area contributed by atoms with E-state index in [2.05, 4.69) is 4.90 Å². The molecule has 0 aromatic heterocycles. The molecule has 0 unspecified atom stereocenters. The Balaban J connectivity index is 2.28. The second kappa shape index (κ2) is 4.88. The van der Waals surface area contributed by atoms with Crippen molar-refractivity contribution in [3.63, 3.8) is 0 Å². The van der Waals surface area contributed by atoms with Gasteiger partial charge in [0.15, 0.2) is 0 Å². The Bertz CT molecular complexity index is 147. The predicted octanol–water partition coefficient (Wildman–Crippen LogP) is 0.429. The Kier molecular flexibility index (Phi) is 4.09. The van der Waals surface area contributed by atoms with Crippen LogP contribution in [0.1, 0.15) is 12.8 Å². The van der Waals surface area contributed by atoms with Crippen LogP contribution in [0.5, 0.6) is 0 Å². The highest BCUT2D eigenvalue weighted by atomic mass is 19.1. The summed E-state index contributed by atoms with van der Waals surface area (Å²) in [4.78, 5) is 2.08. The number of nitrogens with zero attached hydrogens (tertiary/aromatic N) is 1. The lowest BCUT2D eigenvalue weighted by molar-refractivity contribution is -0.0110. The van der Waals surface area contributed by atoms with Crippen molar-refractivity contribution in [3.8, 4) is 0 Å². The fraction of sp³-hybridized carbons (Fsp3) is 1.00. The van der Waals surface area contributed by atoms with Gasteiger partial charge in [-0.05, 0) is 12.8 Å². The number of hydrogen-bond acceptors (Lipinski definition) is 3. The molecule has 0 bridgehead atoms. The van der Waals surface area contributed by atoms with Crippen molar-refractivity contribution in [2.75, 3.05) is 40.0 Å². The molecule has 0 spiro atoms. The lowest BCUT2D eigenvalue weighted by Gasteiger charge is -2.35. The van der Waals surface area contributed by atoms with Crippen molar-refractivity contribution in [1.29, 1.82) is 0 Å². The Morgan fingerprint density at radius 2 is 2.08 bits per heavy atom. The number of aliphatic hydroxyl groups is 1. The number of aliphatic hydroxyl groups excluding tert-OH is 1. The Morgan fingerprint density at radius 3 is 2.54 bits per heavy atom. The number of hydrogen-bond donors (Lipinski definition) is 1. The van der Waals surface area contributed by atoms with Crippen molar-refractivity contribution in [2.24, 2.45) is 0 Å². The number of halogens is 1. The molecule has 1 heterocycles. The van der Waals surface area contributed by atoms with Crippen LogP contribution in [-0.2, 0) is 4.74 Å². The van der Waals surface area contributed by atoms with Gasteiger partial charge < -0.3 is 14.7 Å². The molecule has 0 aromatic rings. The molecule has 1 aliphatic heterocycles. The minimum absolute atomic E-state index is 0.156. The smallest absolute Gasteiger partial charge is 0.136 e. The molecular weight excluding hydrogens is 173 g/mol. The first-order valence-corrected chi connectivity index (χ1v) is 4.71. The minimum atomic E-state index is -1.14. The molecule has 13 heavy (non-hydrogen) atoms. The molecule has 0 radical (unpaired) electrons. The summed E-state index contributed by atoms with van der Waals surface area (Å²) in [6.45, 7) is 2.45. The predicted molar refractivity (Wildman–Crippen MR) is 48.5 cm³/mol. The third-order valence-corrected chi connectivity index (χ3v) is 2.57. The SMILES string of the molecule is COCC1(F)CCN(CCO)CC1. The molecule has 1 rings (SSSR count). The van der Waals surface area contributed by atoms with E-state index in [1.807, 2.05) is 0 Å². The first-order chi connectivity index (χ1) is 6.20. The van der Waals surface area contributed by atoms with E-state index >= 15 is 0 Å². The molecule has 1 N–H and O–H groups in total. The van der Waals surface area contributed by atoms with Gasteiger partial charge in [-0.15, -0.1) is 0 Å². The summed E-state index contributed by atoms with van der Waals surface area (Å²) in [7, 11) is 1.53. The molecule has 0 atom stereocenters. The van der Waals surface area contributed by atoms with Gasteiger partial charge in [-0.1, -0.05) is 0 Å². The maximum atomic E-state index is 13.8. The van der Waals surface area contributed by atoms with Gasteiger partial charge in [0, 0.05) is 26.7 Å². The molecule has 4 heteroatoms. The van der Waals surface area contributed by atoms with E-state index < -0.39 is 5.67 Å². The van der Waals surface area contributed by atoms with Gasteiger partial charge in [-0.25, -0.2) is 4.39 Å². The van der Waals surface area contributed by atoms with E-state index in [4.69, 9.17) is 9.84 Å². The van der Waals surface area contributed by atoms with Crippen LogP contribution in [0.3, 0.4) is 0 Å². The third-order valence-electron chi connectivity index (χ3n) is 2.57. The zero-order valence-electron chi connectivity index (χ0n) is 8.13. The van der Waals surface area contributed by atoms with Gasteiger partial charge in [0.2, 0.25) is 0 Å². The molecule has 3 nitrogen and oxygen atoms in total. The van der Waals surface area contributed by atoms with Crippen LogP contribution in [0.2, 0.25) is 0 Å². The highest BCUT2D eigenvalue weighted by Gasteiger charge is 2.34. The number of piperidine rings is 1. The lowest BCUT2D eigenvalue weighted by Crippen LogP contribution is -2.44. The monoisotopic (exact) mass is 191 g/mol. The molecule has 78 valence electrons. The van der Waals surface area contributed by atoms with Crippen LogP contribution >= 0.6 is 0 Å². The van der Waals surface area contributed by atoms with Crippen LogP contribution < -0.4 is 0 Å². The summed E-state index contributed by atoms with van der Waals surface area (Å²) in [5.41, 5.74) is -1.14. The minimum Gasteiger partial charge on any atom is -0.395 e. The van der Waals surface area contributed by atoms with Gasteiger partial charge in [-0.3, -0.25) is 0 Å². The van der Waals surface area contributed by atoms with E-state index in [-0.39, 0.29) is 13.2 Å². The zero-order chi connectivity index (χ0) is 9.73. The highest BCUT2D eigenvalue weighted by molar-refractivity contribution is 4.86. The van der Waals surface area contributed by atoms with Crippen LogP contribution in [0.25, 0.3) is 0 Å². The van der Waals surface area contributed by atoms with E-state index in [0.29, 0.717) is 19.4 Å². The van der Waals surface area contributed by atoms with Gasteiger partial charge in [0.25, 0.3) is 0 Å². The zero-order valence-corrected chi connectivity index (χ0v) is 8.13. The molecule has 0 aromatic carbocycles. The standard InChI is InChI=1S/C9H18FNO2/c1-13-8-9(10)2-4-11(5-3-9)6-7-12/h12H,2-8H2,1H3. The number of alkyl halides is 1. The van der Waals surface area contributed by atoms with Crippen molar-refractivity contribution in [1.82, 2.24) is 4.90 Å². The Labute approximate surface area is 78.5 Å². The molecular formula is C9H18FNO2. The van der Waals surface area contributed by atoms with Gasteiger partial charge in [-0.2, -0.15) is 0 Å². The average molecular weight is 191 g/mol. The van der Waals surface area contributed by atoms with Crippen LogP contribution in [0.4, 0.5) is 4.39 Å². The second-order valence-corrected chi connectivity index (χ2v) is 3.65. The maximum Gasteiger partial charge on any atom is 0.136 e. The Hall–Kier alpha value is -0.190. The van der Waals surface area contributed by atoms with Crippen LogP contribution in [0, 0.1) is 0 Å². The highest BCUT2D eigenvalue weighted by Crippen LogP contribution is 2.26. The van der Waals surface area contributed by atoms with Gasteiger partial charge in [0.1, 0.15) is 5.67 Å². The molecule has 1 fully saturated rings. The average Bonchev–Trinajstić information content (AvgIpc) is 2.10. The summed E-state index contributed by atoms with van der Waals surface area (Å²) < 4.78 is 18.6. The first-order valence-electron chi connectivity index (χ1n) is 4.71. The van der Waals surface area contributed by atoms with Crippen molar-refractivity contribution >= 4 is 0 Å².